The Hall–Kier alpha value is -2.55. The molecule has 3 aromatic rings. The molecule has 0 saturated heterocycles. The third-order valence-corrected chi connectivity index (χ3v) is 6.41. The molecule has 168 valence electrons. The van der Waals surface area contributed by atoms with Crippen molar-refractivity contribution in [1.82, 2.24) is 25.4 Å². The van der Waals surface area contributed by atoms with Crippen LogP contribution in [0.2, 0.25) is 10.0 Å². The van der Waals surface area contributed by atoms with Gasteiger partial charge in [-0.15, -0.1) is 10.2 Å². The summed E-state index contributed by atoms with van der Waals surface area (Å²) >= 11 is 13.2. The minimum absolute atomic E-state index is 0.0829. The Kier molecular flexibility index (Phi) is 8.55. The van der Waals surface area contributed by atoms with Crippen molar-refractivity contribution in [3.63, 3.8) is 0 Å². The predicted octanol–water partition coefficient (Wildman–Crippen LogP) is 4.50. The van der Waals surface area contributed by atoms with Crippen LogP contribution in [-0.2, 0) is 17.9 Å². The molecule has 0 radical (unpaired) electrons. The quantitative estimate of drug-likeness (QED) is 0.430. The van der Waals surface area contributed by atoms with Gasteiger partial charge in [-0.1, -0.05) is 65.3 Å². The fourth-order valence-corrected chi connectivity index (χ4v) is 4.14. The second kappa shape index (κ2) is 11.4. The van der Waals surface area contributed by atoms with Crippen LogP contribution in [0.4, 0.5) is 0 Å². The summed E-state index contributed by atoms with van der Waals surface area (Å²) in [6.07, 6.45) is 0. The molecule has 7 nitrogen and oxygen atoms in total. The number of aromatic nitrogens is 3. The molecule has 1 atom stereocenters. The summed E-state index contributed by atoms with van der Waals surface area (Å²) in [7, 11) is 0. The lowest BCUT2D eigenvalue weighted by Crippen LogP contribution is -2.28. The van der Waals surface area contributed by atoms with Crippen molar-refractivity contribution >= 4 is 46.8 Å². The number of benzene rings is 2. The van der Waals surface area contributed by atoms with Crippen molar-refractivity contribution in [3.8, 4) is 0 Å². The maximum absolute atomic E-state index is 12.4. The molecule has 10 heteroatoms. The lowest BCUT2D eigenvalue weighted by molar-refractivity contribution is -0.119. The number of carbonyl (C=O) groups is 2. The summed E-state index contributed by atoms with van der Waals surface area (Å²) in [5.41, 5.74) is 1.45. The Balaban J connectivity index is 1.55. The Morgan fingerprint density at radius 2 is 1.84 bits per heavy atom. The summed E-state index contributed by atoms with van der Waals surface area (Å²) in [5, 5.41) is 15.5. The molecule has 0 bridgehead atoms. The van der Waals surface area contributed by atoms with Crippen molar-refractivity contribution in [1.29, 1.82) is 0 Å². The van der Waals surface area contributed by atoms with Crippen molar-refractivity contribution < 1.29 is 9.59 Å². The zero-order valence-electron chi connectivity index (χ0n) is 17.6. The Morgan fingerprint density at radius 3 is 2.53 bits per heavy atom. The van der Waals surface area contributed by atoms with Gasteiger partial charge in [0.25, 0.3) is 5.91 Å². The number of thioether (sulfide) groups is 1. The molecule has 0 saturated carbocycles. The highest BCUT2D eigenvalue weighted by Gasteiger charge is 2.16. The first kappa shape index (κ1) is 24.1. The summed E-state index contributed by atoms with van der Waals surface area (Å²) in [5.74, 6) is 0.427. The number of amides is 2. The fraction of sp³-hybridized carbons (Fsp3) is 0.273. The smallest absolute Gasteiger partial charge is 0.251 e. The number of halogens is 2. The van der Waals surface area contributed by atoms with Gasteiger partial charge < -0.3 is 15.2 Å². The van der Waals surface area contributed by atoms with Crippen LogP contribution in [0.1, 0.15) is 41.6 Å². The molecule has 2 amide bonds. The molecular weight excluding hydrogens is 469 g/mol. The van der Waals surface area contributed by atoms with E-state index in [1.807, 2.05) is 48.7 Å². The molecule has 0 aliphatic rings. The van der Waals surface area contributed by atoms with Gasteiger partial charge in [0.05, 0.1) is 28.4 Å². The SMILES string of the molecule is CCn1c(CNC(=O)c2ccc(Cl)c(Cl)c2)nnc1SCC(=O)N[C@@H](C)c1ccccc1. The maximum Gasteiger partial charge on any atom is 0.251 e. The van der Waals surface area contributed by atoms with E-state index in [0.717, 1.165) is 5.56 Å². The van der Waals surface area contributed by atoms with Crippen molar-refractivity contribution in [2.45, 2.75) is 38.1 Å². The third-order valence-electron chi connectivity index (χ3n) is 4.71. The fourth-order valence-electron chi connectivity index (χ4n) is 3.01. The van der Waals surface area contributed by atoms with E-state index in [0.29, 0.717) is 33.1 Å². The number of hydrogen-bond donors (Lipinski definition) is 2. The Bertz CT molecular complexity index is 1090. The van der Waals surface area contributed by atoms with Gasteiger partial charge in [-0.05, 0) is 37.6 Å². The lowest BCUT2D eigenvalue weighted by Gasteiger charge is -2.14. The van der Waals surface area contributed by atoms with Crippen LogP contribution < -0.4 is 10.6 Å². The number of nitrogens with zero attached hydrogens (tertiary/aromatic N) is 3. The van der Waals surface area contributed by atoms with E-state index in [1.165, 1.54) is 17.8 Å². The van der Waals surface area contributed by atoms with Gasteiger partial charge in [0.15, 0.2) is 11.0 Å². The molecule has 0 aliphatic carbocycles. The van der Waals surface area contributed by atoms with Gasteiger partial charge in [0.2, 0.25) is 5.91 Å². The largest absolute Gasteiger partial charge is 0.349 e. The highest BCUT2D eigenvalue weighted by molar-refractivity contribution is 7.99. The van der Waals surface area contributed by atoms with E-state index < -0.39 is 0 Å². The zero-order chi connectivity index (χ0) is 23.1. The maximum atomic E-state index is 12.4. The molecule has 32 heavy (non-hydrogen) atoms. The van der Waals surface area contributed by atoms with Gasteiger partial charge in [-0.25, -0.2) is 0 Å². The van der Waals surface area contributed by atoms with Crippen LogP contribution in [-0.4, -0.2) is 32.3 Å². The first-order chi connectivity index (χ1) is 15.4. The zero-order valence-corrected chi connectivity index (χ0v) is 20.0. The van der Waals surface area contributed by atoms with E-state index in [2.05, 4.69) is 20.8 Å². The topological polar surface area (TPSA) is 88.9 Å². The van der Waals surface area contributed by atoms with Gasteiger partial charge in [-0.3, -0.25) is 9.59 Å². The molecule has 1 aromatic heterocycles. The van der Waals surface area contributed by atoms with Gasteiger partial charge in [0, 0.05) is 12.1 Å². The molecule has 3 rings (SSSR count). The van der Waals surface area contributed by atoms with E-state index in [-0.39, 0.29) is 30.2 Å². The molecule has 0 unspecified atom stereocenters. The second-order valence-corrected chi connectivity index (χ2v) is 8.70. The first-order valence-corrected chi connectivity index (χ1v) is 11.8. The molecule has 0 fully saturated rings. The number of nitrogens with one attached hydrogen (secondary N) is 2. The normalized spacial score (nSPS) is 11.8. The average molecular weight is 492 g/mol. The third kappa shape index (κ3) is 6.25. The number of hydrogen-bond acceptors (Lipinski definition) is 5. The van der Waals surface area contributed by atoms with Crippen molar-refractivity contribution in [2.24, 2.45) is 0 Å². The van der Waals surface area contributed by atoms with E-state index in [1.54, 1.807) is 12.1 Å². The Labute approximate surface area is 200 Å². The summed E-state index contributed by atoms with van der Waals surface area (Å²) in [6.45, 7) is 4.70. The average Bonchev–Trinajstić information content (AvgIpc) is 3.20. The van der Waals surface area contributed by atoms with Crippen molar-refractivity contribution in [2.75, 3.05) is 5.75 Å². The highest BCUT2D eigenvalue weighted by Crippen LogP contribution is 2.23. The highest BCUT2D eigenvalue weighted by atomic mass is 35.5. The van der Waals surface area contributed by atoms with Crippen LogP contribution in [0.3, 0.4) is 0 Å². The second-order valence-electron chi connectivity index (χ2n) is 6.94. The van der Waals surface area contributed by atoms with Crippen LogP contribution in [0.25, 0.3) is 0 Å². The number of rotatable bonds is 9. The Morgan fingerprint density at radius 1 is 1.09 bits per heavy atom. The molecule has 2 aromatic carbocycles. The summed E-state index contributed by atoms with van der Waals surface area (Å²) in [6, 6.07) is 14.4. The predicted molar refractivity (Wildman–Crippen MR) is 127 cm³/mol. The van der Waals surface area contributed by atoms with Gasteiger partial charge >= 0.3 is 0 Å². The molecular formula is C22H23Cl2N5O2S. The molecule has 0 spiro atoms. The number of carbonyl (C=O) groups excluding carboxylic acids is 2. The van der Waals surface area contributed by atoms with Gasteiger partial charge in [-0.2, -0.15) is 0 Å². The lowest BCUT2D eigenvalue weighted by atomic mass is 10.1. The monoisotopic (exact) mass is 491 g/mol. The minimum atomic E-state index is -0.294. The van der Waals surface area contributed by atoms with Gasteiger partial charge in [0.1, 0.15) is 0 Å². The van der Waals surface area contributed by atoms with Crippen LogP contribution >= 0.6 is 35.0 Å². The molecule has 0 aliphatic heterocycles. The van der Waals surface area contributed by atoms with Crippen molar-refractivity contribution in [3.05, 3.63) is 75.5 Å². The van der Waals surface area contributed by atoms with E-state index in [9.17, 15) is 9.59 Å². The van der Waals surface area contributed by atoms with E-state index >= 15 is 0 Å². The first-order valence-electron chi connectivity index (χ1n) is 10.0. The molecule has 2 N–H and O–H groups in total. The van der Waals surface area contributed by atoms with Crippen LogP contribution in [0, 0.1) is 0 Å². The minimum Gasteiger partial charge on any atom is -0.349 e. The standard InChI is InChI=1S/C22H23Cl2N5O2S/c1-3-29-19(12-25-21(31)16-9-10-17(23)18(24)11-16)27-28-22(29)32-13-20(30)26-14(2)15-7-5-4-6-8-15/h4-11,14H,3,12-13H2,1-2H3,(H,25,31)(H,26,30)/t14-/m0/s1. The van der Waals surface area contributed by atoms with Crippen LogP contribution in [0.15, 0.2) is 53.7 Å². The molecule has 1 heterocycles. The summed E-state index contributed by atoms with van der Waals surface area (Å²) in [4.78, 5) is 24.8. The summed E-state index contributed by atoms with van der Waals surface area (Å²) < 4.78 is 1.87. The van der Waals surface area contributed by atoms with E-state index in [4.69, 9.17) is 23.2 Å². The van der Waals surface area contributed by atoms with Crippen LogP contribution in [0.5, 0.6) is 0 Å².